The van der Waals surface area contributed by atoms with E-state index in [0.29, 0.717) is 5.56 Å². The van der Waals surface area contributed by atoms with Crippen molar-refractivity contribution in [3.63, 3.8) is 0 Å². The number of aromatic nitrogens is 4. The third-order valence-electron chi connectivity index (χ3n) is 10.5. The maximum absolute atomic E-state index is 14.2. The van der Waals surface area contributed by atoms with Gasteiger partial charge in [-0.15, -0.1) is 0 Å². The van der Waals surface area contributed by atoms with Crippen molar-refractivity contribution in [2.75, 3.05) is 19.8 Å². The molecule has 2 aromatic heterocycles. The first-order valence-electron chi connectivity index (χ1n) is 18.1. The number of aliphatic hydroxyl groups excluding tert-OH is 1. The van der Waals surface area contributed by atoms with Crippen LogP contribution >= 0.6 is 7.82 Å². The molecular formula is C37H45N4O12PSi. The first-order valence-corrected chi connectivity index (χ1v) is 21.4. The van der Waals surface area contributed by atoms with Crippen LogP contribution in [0.2, 0.25) is 5.04 Å². The summed E-state index contributed by atoms with van der Waals surface area (Å²) >= 11 is 0. The summed E-state index contributed by atoms with van der Waals surface area (Å²) in [7, 11) is -7.55. The average molecular weight is 797 g/mol. The zero-order chi connectivity index (χ0) is 39.3. The van der Waals surface area contributed by atoms with E-state index in [9.17, 15) is 28.8 Å². The van der Waals surface area contributed by atoms with E-state index in [2.05, 4.69) is 30.7 Å². The second kappa shape index (κ2) is 15.1. The number of hydrogen-bond acceptors (Lipinski definition) is 12. The summed E-state index contributed by atoms with van der Waals surface area (Å²) in [4.78, 5) is 54.7. The molecule has 0 saturated carbocycles. The Balaban J connectivity index is 1.20. The van der Waals surface area contributed by atoms with E-state index < -0.39 is 93.1 Å². The van der Waals surface area contributed by atoms with E-state index in [0.717, 1.165) is 10.4 Å². The lowest BCUT2D eigenvalue weighted by Gasteiger charge is -2.45. The van der Waals surface area contributed by atoms with Crippen molar-refractivity contribution in [1.82, 2.24) is 19.1 Å². The van der Waals surface area contributed by atoms with Gasteiger partial charge in [0.2, 0.25) is 0 Å². The Morgan fingerprint density at radius 3 is 1.98 bits per heavy atom. The fourth-order valence-electron chi connectivity index (χ4n) is 7.77. The molecule has 18 heteroatoms. The Labute approximate surface area is 316 Å². The first-order chi connectivity index (χ1) is 26.1. The number of nitrogens with one attached hydrogen (secondary N) is 2. The number of aryl methyl sites for hydroxylation is 2. The van der Waals surface area contributed by atoms with Crippen molar-refractivity contribution in [3.05, 3.63) is 126 Å². The van der Waals surface area contributed by atoms with Gasteiger partial charge in [0.15, 0.2) is 0 Å². The monoisotopic (exact) mass is 796 g/mol. The lowest BCUT2D eigenvalue weighted by atomic mass is 10.0. The number of benzene rings is 2. The molecule has 3 saturated heterocycles. The van der Waals surface area contributed by atoms with Gasteiger partial charge in [-0.3, -0.25) is 42.3 Å². The highest BCUT2D eigenvalue weighted by Gasteiger charge is 2.56. The molecule has 16 nitrogen and oxygen atoms in total. The third kappa shape index (κ3) is 7.36. The van der Waals surface area contributed by atoms with Crippen molar-refractivity contribution in [2.24, 2.45) is 5.92 Å². The lowest BCUT2D eigenvalue weighted by Crippen LogP contribution is -2.68. The minimum absolute atomic E-state index is 0.177. The van der Waals surface area contributed by atoms with Crippen LogP contribution in [0, 0.1) is 19.8 Å². The Kier molecular flexibility index (Phi) is 10.8. The maximum Gasteiger partial charge on any atom is 0.475 e. The molecule has 3 aliphatic rings. The fraction of sp³-hybridized carbons (Fsp3) is 0.459. The Hall–Kier alpha value is -4.03. The highest BCUT2D eigenvalue weighted by Crippen LogP contribution is 2.59. The molecule has 3 aliphatic heterocycles. The number of ether oxygens (including phenoxy) is 2. The smallest absolute Gasteiger partial charge is 0.402 e. The number of nitrogens with zero attached hydrogens (tertiary/aromatic N) is 2. The summed E-state index contributed by atoms with van der Waals surface area (Å²) in [5, 5.41) is 11.8. The molecule has 0 unspecified atom stereocenters. The van der Waals surface area contributed by atoms with E-state index in [1.165, 1.54) is 28.5 Å². The number of phosphoric acid groups is 1. The van der Waals surface area contributed by atoms with Gasteiger partial charge < -0.3 is 19.0 Å². The molecule has 5 heterocycles. The van der Waals surface area contributed by atoms with Gasteiger partial charge in [0, 0.05) is 29.9 Å². The number of aliphatic hydroxyl groups is 1. The standard InChI is InChI=1S/C37H45N4O12PSi/c1-22-17-40(35(45)38-32(22)43)30-16-27(53-55(37(3,4)5,24-12-8-6-9-13-24)25-14-10-7-11-15-25)29(50-30)21-49-54(47)48-20-26-31(52-54)28(19-42)51-34(26)41-18-23(2)33(44)39-36(41)46/h6-15,17-18,26-31,34,42H,16,19-21H2,1-5H3,(H,38,43,45)(H,39,44,46)/t26-,27+,28-,29-,30-,31+,34-,54+/m1/s1. The van der Waals surface area contributed by atoms with Crippen molar-refractivity contribution in [2.45, 2.75) is 82.9 Å². The summed E-state index contributed by atoms with van der Waals surface area (Å²) in [5.41, 5.74) is -1.86. The number of rotatable bonds is 10. The van der Waals surface area contributed by atoms with Crippen LogP contribution in [0.4, 0.5) is 0 Å². The van der Waals surface area contributed by atoms with Gasteiger partial charge in [-0.05, 0) is 29.3 Å². The number of aromatic amines is 2. The molecule has 0 spiro atoms. The zero-order valence-corrected chi connectivity index (χ0v) is 33.0. The van der Waals surface area contributed by atoms with Crippen LogP contribution in [-0.4, -0.2) is 76.8 Å². The average Bonchev–Trinajstić information content (AvgIpc) is 3.73. The van der Waals surface area contributed by atoms with Crippen molar-refractivity contribution in [3.8, 4) is 0 Å². The predicted octanol–water partition coefficient (Wildman–Crippen LogP) is 1.98. The lowest BCUT2D eigenvalue weighted by molar-refractivity contribution is -0.0627. The number of hydrogen-bond donors (Lipinski definition) is 3. The number of H-pyrrole nitrogens is 2. The summed E-state index contributed by atoms with van der Waals surface area (Å²) in [5.74, 6) is -0.695. The van der Waals surface area contributed by atoms with E-state index in [4.69, 9.17) is 27.5 Å². The molecule has 2 aromatic carbocycles. The normalized spacial score (nSPS) is 28.3. The topological polar surface area (TPSA) is 202 Å². The predicted molar refractivity (Wildman–Crippen MR) is 202 cm³/mol. The molecule has 55 heavy (non-hydrogen) atoms. The van der Waals surface area contributed by atoms with Crippen LogP contribution in [0.25, 0.3) is 0 Å². The Morgan fingerprint density at radius 2 is 1.42 bits per heavy atom. The van der Waals surface area contributed by atoms with E-state index in [-0.39, 0.29) is 25.2 Å². The summed E-state index contributed by atoms with van der Waals surface area (Å²) in [6.45, 7) is 8.41. The van der Waals surface area contributed by atoms with E-state index in [1.54, 1.807) is 6.92 Å². The summed E-state index contributed by atoms with van der Waals surface area (Å²) in [6.07, 6.45) is -2.56. The SMILES string of the molecule is Cc1cn([C@@H]2O[C@H](CO)[C@H]3O[P@](=O)(OC[C@H]4O[C@@H](n5cc(C)c(=O)[nH]c5=O)C[C@@H]4O[Si](c4ccccc4)(c4ccccc4)C(C)(C)C)OC[C@H]32)c(=O)[nH]c1=O. The Bertz CT molecular complexity index is 2270. The van der Waals surface area contributed by atoms with Gasteiger partial charge in [-0.25, -0.2) is 14.2 Å². The first kappa shape index (κ1) is 39.2. The largest absolute Gasteiger partial charge is 0.475 e. The molecule has 7 rings (SSSR count). The molecule has 0 bridgehead atoms. The Morgan fingerprint density at radius 1 is 0.855 bits per heavy atom. The van der Waals surface area contributed by atoms with Crippen LogP contribution in [0.5, 0.6) is 0 Å². The van der Waals surface area contributed by atoms with Gasteiger partial charge >= 0.3 is 19.2 Å². The molecule has 3 fully saturated rings. The quantitative estimate of drug-likeness (QED) is 0.156. The van der Waals surface area contributed by atoms with Gasteiger partial charge in [0.25, 0.3) is 19.4 Å². The molecule has 294 valence electrons. The highest BCUT2D eigenvalue weighted by atomic mass is 31.2. The highest BCUT2D eigenvalue weighted by molar-refractivity contribution is 7.48. The minimum atomic E-state index is -4.35. The molecule has 4 aromatic rings. The van der Waals surface area contributed by atoms with Crippen LogP contribution in [0.15, 0.2) is 92.2 Å². The second-order valence-electron chi connectivity index (χ2n) is 15.2. The zero-order valence-electron chi connectivity index (χ0n) is 31.1. The number of fused-ring (bicyclic) bond motifs is 1. The van der Waals surface area contributed by atoms with Gasteiger partial charge in [0.1, 0.15) is 30.8 Å². The van der Waals surface area contributed by atoms with Crippen molar-refractivity contribution < 1.29 is 37.1 Å². The molecule has 3 N–H and O–H groups in total. The maximum atomic E-state index is 14.2. The summed E-state index contributed by atoms with van der Waals surface area (Å²) in [6, 6.07) is 20.0. The van der Waals surface area contributed by atoms with E-state index >= 15 is 0 Å². The van der Waals surface area contributed by atoms with Crippen LogP contribution in [0.1, 0.15) is 50.8 Å². The second-order valence-corrected chi connectivity index (χ2v) is 21.0. The van der Waals surface area contributed by atoms with E-state index in [1.807, 2.05) is 60.7 Å². The number of phosphoric ester groups is 1. The molecule has 0 aliphatic carbocycles. The van der Waals surface area contributed by atoms with Gasteiger partial charge in [-0.1, -0.05) is 81.4 Å². The molecular weight excluding hydrogens is 751 g/mol. The fourth-order valence-corrected chi connectivity index (χ4v) is 14.0. The van der Waals surface area contributed by atoms with Crippen molar-refractivity contribution >= 4 is 26.5 Å². The van der Waals surface area contributed by atoms with Gasteiger partial charge in [0.05, 0.1) is 31.8 Å². The molecule has 8 atom stereocenters. The summed E-state index contributed by atoms with van der Waals surface area (Å²) < 4.78 is 54.3. The van der Waals surface area contributed by atoms with Gasteiger partial charge in [-0.2, -0.15) is 0 Å². The minimum Gasteiger partial charge on any atom is -0.402 e. The third-order valence-corrected chi connectivity index (χ3v) is 17.0. The van der Waals surface area contributed by atoms with Crippen molar-refractivity contribution in [1.29, 1.82) is 0 Å². The van der Waals surface area contributed by atoms with Crippen LogP contribution in [0.3, 0.4) is 0 Å². The molecule has 0 radical (unpaired) electrons. The molecule has 0 amide bonds. The van der Waals surface area contributed by atoms with Crippen LogP contribution < -0.4 is 32.9 Å². The van der Waals surface area contributed by atoms with Crippen LogP contribution in [-0.2, 0) is 32.0 Å².